The third-order valence-corrected chi connectivity index (χ3v) is 9.11. The number of carbonyl (C=O) groups is 1. The molecule has 2 unspecified atom stereocenters. The van der Waals surface area contributed by atoms with Gasteiger partial charge in [0, 0.05) is 30.3 Å². The number of pyridine rings is 1. The third-order valence-electron chi connectivity index (χ3n) is 9.11. The Bertz CT molecular complexity index is 950. The number of aromatic nitrogens is 1. The Morgan fingerprint density at radius 3 is 2.71 bits per heavy atom. The molecule has 4 heteroatoms. The number of amides is 1. The van der Waals surface area contributed by atoms with Gasteiger partial charge in [-0.1, -0.05) is 26.0 Å². The van der Waals surface area contributed by atoms with Crippen molar-refractivity contribution in [2.24, 2.45) is 28.6 Å². The van der Waals surface area contributed by atoms with Gasteiger partial charge < -0.3 is 9.64 Å². The maximum atomic E-state index is 12.6. The predicted molar refractivity (Wildman–Crippen MR) is 123 cm³/mol. The molecule has 5 rings (SSSR count). The number of fused-ring (bicyclic) bond motifs is 5. The maximum Gasteiger partial charge on any atom is 0.226 e. The van der Waals surface area contributed by atoms with Crippen molar-refractivity contribution in [2.45, 2.75) is 66.2 Å². The summed E-state index contributed by atoms with van der Waals surface area (Å²) in [6, 6.07) is 2.17. The normalized spacial score (nSPS) is 36.8. The molecule has 4 aliphatic rings. The lowest BCUT2D eigenvalue weighted by Crippen LogP contribution is -2.53. The summed E-state index contributed by atoms with van der Waals surface area (Å²) in [4.78, 5) is 19.1. The molecule has 1 saturated heterocycles. The summed E-state index contributed by atoms with van der Waals surface area (Å²) in [7, 11) is 0. The summed E-state index contributed by atoms with van der Waals surface area (Å²) < 4.78 is 5.73. The number of piperidine rings is 1. The third kappa shape index (κ3) is 3.01. The molecule has 1 aromatic heterocycles. The highest BCUT2D eigenvalue weighted by Crippen LogP contribution is 2.66. The SMILES string of the molecule is CCOc1cncc(C2=CC[C@@H]3[C@@H]4CC=C5N(CC)C(=O)CCC5(C)[C@H]4CCC23C)c1. The zero-order chi connectivity index (χ0) is 21.8. The first-order valence-corrected chi connectivity index (χ1v) is 12.2. The van der Waals surface area contributed by atoms with Gasteiger partial charge in [-0.25, -0.2) is 0 Å². The van der Waals surface area contributed by atoms with Gasteiger partial charge >= 0.3 is 0 Å². The van der Waals surface area contributed by atoms with Crippen LogP contribution in [-0.4, -0.2) is 28.9 Å². The molecule has 2 heterocycles. The monoisotopic (exact) mass is 420 g/mol. The first-order chi connectivity index (χ1) is 14.9. The Labute approximate surface area is 186 Å². The average molecular weight is 421 g/mol. The van der Waals surface area contributed by atoms with E-state index in [0.717, 1.165) is 31.6 Å². The minimum absolute atomic E-state index is 0.146. The topological polar surface area (TPSA) is 42.4 Å². The zero-order valence-electron chi connectivity index (χ0n) is 19.5. The van der Waals surface area contributed by atoms with E-state index in [1.165, 1.54) is 29.7 Å². The molecular weight excluding hydrogens is 384 g/mol. The summed E-state index contributed by atoms with van der Waals surface area (Å²) in [5.74, 6) is 3.21. The van der Waals surface area contributed by atoms with Crippen LogP contribution in [0.3, 0.4) is 0 Å². The van der Waals surface area contributed by atoms with Gasteiger partial charge in [0.25, 0.3) is 0 Å². The number of likely N-dealkylation sites (tertiary alicyclic amines) is 1. The fraction of sp³-hybridized carbons (Fsp3) is 0.630. The number of ether oxygens (including phenoxy) is 1. The van der Waals surface area contributed by atoms with Crippen LogP contribution in [-0.2, 0) is 4.79 Å². The second-order valence-corrected chi connectivity index (χ2v) is 10.4. The minimum Gasteiger partial charge on any atom is -0.492 e. The molecule has 0 aromatic carbocycles. The number of nitrogens with zero attached hydrogens (tertiary/aromatic N) is 2. The van der Waals surface area contributed by atoms with Crippen LogP contribution in [0.5, 0.6) is 5.75 Å². The Morgan fingerprint density at radius 2 is 1.94 bits per heavy atom. The number of allylic oxidation sites excluding steroid dienone is 4. The fourth-order valence-corrected chi connectivity index (χ4v) is 7.62. The van der Waals surface area contributed by atoms with Crippen molar-refractivity contribution in [3.8, 4) is 5.75 Å². The lowest BCUT2D eigenvalue weighted by atomic mass is 9.49. The van der Waals surface area contributed by atoms with Crippen molar-refractivity contribution < 1.29 is 9.53 Å². The maximum absolute atomic E-state index is 12.6. The number of hydrogen-bond donors (Lipinski definition) is 0. The lowest BCUT2D eigenvalue weighted by Gasteiger charge is -2.58. The molecule has 31 heavy (non-hydrogen) atoms. The van der Waals surface area contributed by atoms with Crippen LogP contribution in [0.1, 0.15) is 71.8 Å². The lowest BCUT2D eigenvalue weighted by molar-refractivity contribution is -0.136. The smallest absolute Gasteiger partial charge is 0.226 e. The van der Waals surface area contributed by atoms with Gasteiger partial charge in [0.15, 0.2) is 0 Å². The highest BCUT2D eigenvalue weighted by molar-refractivity contribution is 5.80. The van der Waals surface area contributed by atoms with E-state index < -0.39 is 0 Å². The Morgan fingerprint density at radius 1 is 1.10 bits per heavy atom. The van der Waals surface area contributed by atoms with E-state index in [1.807, 2.05) is 19.3 Å². The largest absolute Gasteiger partial charge is 0.492 e. The number of carbonyl (C=O) groups excluding carboxylic acids is 1. The Kier molecular flexibility index (Phi) is 5.02. The van der Waals surface area contributed by atoms with Crippen molar-refractivity contribution in [1.82, 2.24) is 9.88 Å². The first kappa shape index (κ1) is 20.8. The van der Waals surface area contributed by atoms with E-state index in [4.69, 9.17) is 4.74 Å². The van der Waals surface area contributed by atoms with Gasteiger partial charge in [-0.2, -0.15) is 0 Å². The molecular formula is C27H36N2O2. The highest BCUT2D eigenvalue weighted by Gasteiger charge is 2.57. The van der Waals surface area contributed by atoms with Crippen LogP contribution in [0, 0.1) is 28.6 Å². The van der Waals surface area contributed by atoms with E-state index in [9.17, 15) is 4.79 Å². The minimum atomic E-state index is 0.146. The molecule has 1 saturated carbocycles. The Balaban J connectivity index is 1.46. The van der Waals surface area contributed by atoms with Crippen LogP contribution in [0.15, 0.2) is 36.3 Å². The summed E-state index contributed by atoms with van der Waals surface area (Å²) >= 11 is 0. The van der Waals surface area contributed by atoms with Gasteiger partial charge in [-0.15, -0.1) is 0 Å². The molecule has 0 spiro atoms. The molecule has 5 atom stereocenters. The van der Waals surface area contributed by atoms with Crippen molar-refractivity contribution in [1.29, 1.82) is 0 Å². The summed E-state index contributed by atoms with van der Waals surface area (Å²) in [6.07, 6.45) is 15.2. The molecule has 166 valence electrons. The van der Waals surface area contributed by atoms with Gasteiger partial charge in [-0.05, 0) is 86.3 Å². The molecule has 1 aromatic rings. The second-order valence-electron chi connectivity index (χ2n) is 10.4. The summed E-state index contributed by atoms with van der Waals surface area (Å²) in [6.45, 7) is 10.5. The molecule has 3 aliphatic carbocycles. The van der Waals surface area contributed by atoms with E-state index in [2.05, 4.69) is 48.9 Å². The summed E-state index contributed by atoms with van der Waals surface area (Å²) in [5.41, 5.74) is 4.38. The molecule has 0 radical (unpaired) electrons. The molecule has 0 N–H and O–H groups in total. The molecule has 1 aliphatic heterocycles. The van der Waals surface area contributed by atoms with Gasteiger partial charge in [0.1, 0.15) is 5.75 Å². The zero-order valence-corrected chi connectivity index (χ0v) is 19.5. The van der Waals surface area contributed by atoms with E-state index in [1.54, 1.807) is 0 Å². The van der Waals surface area contributed by atoms with E-state index in [-0.39, 0.29) is 10.8 Å². The van der Waals surface area contributed by atoms with Crippen molar-refractivity contribution in [2.75, 3.05) is 13.2 Å². The van der Waals surface area contributed by atoms with Crippen LogP contribution < -0.4 is 4.74 Å². The van der Waals surface area contributed by atoms with Crippen LogP contribution in [0.4, 0.5) is 0 Å². The highest BCUT2D eigenvalue weighted by atomic mass is 16.5. The van der Waals surface area contributed by atoms with Crippen LogP contribution in [0.25, 0.3) is 5.57 Å². The number of rotatable bonds is 4. The fourth-order valence-electron chi connectivity index (χ4n) is 7.62. The van der Waals surface area contributed by atoms with E-state index in [0.29, 0.717) is 36.7 Å². The number of hydrogen-bond acceptors (Lipinski definition) is 3. The van der Waals surface area contributed by atoms with Crippen molar-refractivity contribution in [3.63, 3.8) is 0 Å². The quantitative estimate of drug-likeness (QED) is 0.613. The van der Waals surface area contributed by atoms with Crippen molar-refractivity contribution in [3.05, 3.63) is 41.9 Å². The Hall–Kier alpha value is -2.10. The standard InChI is InChI=1S/C27H36N2O2/c1-5-29-24-10-7-20-22-9-8-21(18-15-19(31-6-2)17-28-16-18)26(22,3)13-11-23(20)27(24,4)14-12-25(29)30/h8,10,15-17,20,22-23H,5-7,9,11-14H2,1-4H3/t20-,22+,23-,26?,27?/m0/s1. The predicted octanol–water partition coefficient (Wildman–Crippen LogP) is 5.85. The van der Waals surface area contributed by atoms with Gasteiger partial charge in [0.05, 0.1) is 12.8 Å². The first-order valence-electron chi connectivity index (χ1n) is 12.2. The molecule has 2 fully saturated rings. The summed E-state index contributed by atoms with van der Waals surface area (Å²) in [5, 5.41) is 0. The molecule has 1 amide bonds. The average Bonchev–Trinajstić information content (AvgIpc) is 3.12. The van der Waals surface area contributed by atoms with Crippen LogP contribution >= 0.6 is 0 Å². The molecule has 0 bridgehead atoms. The van der Waals surface area contributed by atoms with E-state index >= 15 is 0 Å². The second kappa shape index (κ2) is 7.50. The van der Waals surface area contributed by atoms with Gasteiger partial charge in [0.2, 0.25) is 5.91 Å². The van der Waals surface area contributed by atoms with Gasteiger partial charge in [-0.3, -0.25) is 9.78 Å². The van der Waals surface area contributed by atoms with Crippen molar-refractivity contribution >= 4 is 11.5 Å². The van der Waals surface area contributed by atoms with Crippen LogP contribution in [0.2, 0.25) is 0 Å². The molecule has 4 nitrogen and oxygen atoms in total.